The molecule has 1 aromatic heterocycles. The van der Waals surface area contributed by atoms with Crippen LogP contribution in [0.1, 0.15) is 24.7 Å². The molecule has 1 aliphatic rings. The van der Waals surface area contributed by atoms with Crippen molar-refractivity contribution in [1.29, 1.82) is 0 Å². The first-order valence-electron chi connectivity index (χ1n) is 9.43. The zero-order valence-electron chi connectivity index (χ0n) is 16.2. The number of aromatic nitrogens is 2. The van der Waals surface area contributed by atoms with Gasteiger partial charge in [0.05, 0.1) is 0 Å². The van der Waals surface area contributed by atoms with Crippen LogP contribution in [-0.2, 0) is 4.79 Å². The number of fused-ring (bicyclic) bond motifs is 1. The van der Waals surface area contributed by atoms with Gasteiger partial charge >= 0.3 is 0 Å². The third-order valence-corrected chi connectivity index (χ3v) is 5.72. The Morgan fingerprint density at radius 1 is 1.07 bits per heavy atom. The second-order valence-corrected chi connectivity index (χ2v) is 7.42. The van der Waals surface area contributed by atoms with Gasteiger partial charge in [0.25, 0.3) is 5.22 Å². The van der Waals surface area contributed by atoms with Crippen LogP contribution in [0.3, 0.4) is 0 Å². The first-order chi connectivity index (χ1) is 14.2. The molecule has 0 radical (unpaired) electrons. The second kappa shape index (κ2) is 8.57. The highest BCUT2D eigenvalue weighted by Gasteiger charge is 2.28. The van der Waals surface area contributed by atoms with Gasteiger partial charge in [-0.3, -0.25) is 4.79 Å². The van der Waals surface area contributed by atoms with Crippen LogP contribution < -0.4 is 9.47 Å². The zero-order chi connectivity index (χ0) is 20.2. The van der Waals surface area contributed by atoms with Crippen molar-refractivity contribution in [3.63, 3.8) is 0 Å². The van der Waals surface area contributed by atoms with E-state index in [2.05, 4.69) is 10.2 Å². The monoisotopic (exact) mass is 411 g/mol. The molecule has 0 unspecified atom stereocenters. The topological polar surface area (TPSA) is 77.7 Å². The van der Waals surface area contributed by atoms with Gasteiger partial charge in [0.1, 0.15) is 5.25 Å². The Kier molecular flexibility index (Phi) is 5.71. The highest BCUT2D eigenvalue weighted by atomic mass is 32.2. The number of likely N-dealkylation sites (N-methyl/N-ethyl adjacent to an activating group) is 1. The van der Waals surface area contributed by atoms with Gasteiger partial charge in [0.15, 0.2) is 11.5 Å². The number of ether oxygens (including phenoxy) is 2. The Labute approximate surface area is 173 Å². The molecule has 1 amide bonds. The molecule has 7 nitrogen and oxygen atoms in total. The van der Waals surface area contributed by atoms with Crippen LogP contribution in [0.2, 0.25) is 0 Å². The Balaban J connectivity index is 1.59. The molecule has 1 atom stereocenters. The Morgan fingerprint density at radius 3 is 2.59 bits per heavy atom. The smallest absolute Gasteiger partial charge is 0.277 e. The van der Waals surface area contributed by atoms with E-state index < -0.39 is 5.25 Å². The van der Waals surface area contributed by atoms with Gasteiger partial charge in [0, 0.05) is 18.7 Å². The number of carbonyl (C=O) groups excluding carboxylic acids is 1. The molecule has 150 valence electrons. The molecule has 0 fully saturated rings. The van der Waals surface area contributed by atoms with E-state index in [-0.39, 0.29) is 12.7 Å². The fraction of sp³-hybridized carbons (Fsp3) is 0.286. The van der Waals surface area contributed by atoms with E-state index in [0.717, 1.165) is 11.1 Å². The summed E-state index contributed by atoms with van der Waals surface area (Å²) < 4.78 is 16.6. The lowest BCUT2D eigenvalue weighted by Gasteiger charge is -2.24. The molecule has 0 spiro atoms. The summed E-state index contributed by atoms with van der Waals surface area (Å²) in [6, 6.07) is 15.1. The van der Waals surface area contributed by atoms with Crippen LogP contribution in [0, 0.1) is 0 Å². The summed E-state index contributed by atoms with van der Waals surface area (Å²) in [5, 5.41) is 8.18. The maximum Gasteiger partial charge on any atom is 0.277 e. The van der Waals surface area contributed by atoms with Crippen LogP contribution in [-0.4, -0.2) is 40.9 Å². The van der Waals surface area contributed by atoms with E-state index in [1.807, 2.05) is 56.3 Å². The summed E-state index contributed by atoms with van der Waals surface area (Å²) in [6.45, 7) is 5.43. The van der Waals surface area contributed by atoms with Gasteiger partial charge in [-0.05, 0) is 49.4 Å². The van der Waals surface area contributed by atoms with Crippen molar-refractivity contribution in [1.82, 2.24) is 15.1 Å². The largest absolute Gasteiger partial charge is 0.454 e. The number of rotatable bonds is 7. The predicted molar refractivity (Wildman–Crippen MR) is 109 cm³/mol. The molecule has 2 aromatic carbocycles. The molecule has 0 saturated carbocycles. The number of amides is 1. The second-order valence-electron chi connectivity index (χ2n) is 6.36. The normalized spacial score (nSPS) is 13.3. The maximum atomic E-state index is 13.1. The van der Waals surface area contributed by atoms with Crippen molar-refractivity contribution in [2.24, 2.45) is 0 Å². The predicted octanol–water partition coefficient (Wildman–Crippen LogP) is 4.17. The molecule has 4 rings (SSSR count). The zero-order valence-corrected chi connectivity index (χ0v) is 17.0. The first-order valence-corrected chi connectivity index (χ1v) is 10.3. The van der Waals surface area contributed by atoms with Crippen molar-refractivity contribution in [3.05, 3.63) is 54.1 Å². The molecule has 3 aromatic rings. The lowest BCUT2D eigenvalue weighted by atomic mass is 10.1. The highest BCUT2D eigenvalue weighted by Crippen LogP contribution is 2.39. The Bertz CT molecular complexity index is 989. The number of hydrogen-bond donors (Lipinski definition) is 0. The lowest BCUT2D eigenvalue weighted by Crippen LogP contribution is -2.33. The minimum atomic E-state index is -0.457. The summed E-state index contributed by atoms with van der Waals surface area (Å²) in [4.78, 5) is 14.9. The fourth-order valence-electron chi connectivity index (χ4n) is 3.09. The number of benzene rings is 2. The highest BCUT2D eigenvalue weighted by molar-refractivity contribution is 8.00. The molecular formula is C21H21N3O4S. The van der Waals surface area contributed by atoms with E-state index in [1.54, 1.807) is 11.0 Å². The van der Waals surface area contributed by atoms with Crippen molar-refractivity contribution in [2.75, 3.05) is 19.9 Å². The van der Waals surface area contributed by atoms with Gasteiger partial charge < -0.3 is 18.8 Å². The molecule has 0 aliphatic carbocycles. The molecular weight excluding hydrogens is 390 g/mol. The van der Waals surface area contributed by atoms with Gasteiger partial charge in [-0.1, -0.05) is 30.3 Å². The third kappa shape index (κ3) is 4.07. The van der Waals surface area contributed by atoms with E-state index in [0.29, 0.717) is 35.7 Å². The Morgan fingerprint density at radius 2 is 1.83 bits per heavy atom. The van der Waals surface area contributed by atoms with Gasteiger partial charge in [0.2, 0.25) is 18.6 Å². The minimum absolute atomic E-state index is 0.0222. The van der Waals surface area contributed by atoms with Crippen LogP contribution in [0.4, 0.5) is 0 Å². The number of hydrogen-bond acceptors (Lipinski definition) is 7. The van der Waals surface area contributed by atoms with Crippen LogP contribution in [0.15, 0.2) is 58.2 Å². The van der Waals surface area contributed by atoms with Gasteiger partial charge in [-0.25, -0.2) is 0 Å². The fourth-order valence-corrected chi connectivity index (χ4v) is 4.05. The molecule has 0 bridgehead atoms. The molecule has 0 N–H and O–H groups in total. The Hall–Kier alpha value is -3.00. The van der Waals surface area contributed by atoms with Crippen molar-refractivity contribution >= 4 is 17.7 Å². The number of carbonyl (C=O) groups is 1. The van der Waals surface area contributed by atoms with Crippen molar-refractivity contribution in [2.45, 2.75) is 24.3 Å². The summed E-state index contributed by atoms with van der Waals surface area (Å²) in [5.41, 5.74) is 1.64. The maximum absolute atomic E-state index is 13.1. The van der Waals surface area contributed by atoms with E-state index >= 15 is 0 Å². The SMILES string of the molecule is CCN(CC)C(=O)[C@@H](Sc1nnc(-c2ccc3c(c2)OCO3)o1)c1ccccc1. The van der Waals surface area contributed by atoms with E-state index in [4.69, 9.17) is 13.9 Å². The standard InChI is InChI=1S/C21H21N3O4S/c1-3-24(4-2)20(25)18(14-8-6-5-7-9-14)29-21-23-22-19(28-21)15-10-11-16-17(12-15)27-13-26-16/h5-12,18H,3-4,13H2,1-2H3/t18-/m0/s1. The average Bonchev–Trinajstić information content (AvgIpc) is 3.42. The minimum Gasteiger partial charge on any atom is -0.454 e. The van der Waals surface area contributed by atoms with Crippen molar-refractivity contribution in [3.8, 4) is 23.0 Å². The van der Waals surface area contributed by atoms with Gasteiger partial charge in [-0.2, -0.15) is 0 Å². The van der Waals surface area contributed by atoms with Crippen LogP contribution in [0.5, 0.6) is 11.5 Å². The number of nitrogens with zero attached hydrogens (tertiary/aromatic N) is 3. The first kappa shape index (κ1) is 19.3. The van der Waals surface area contributed by atoms with E-state index in [9.17, 15) is 4.79 Å². The van der Waals surface area contributed by atoms with Gasteiger partial charge in [-0.15, -0.1) is 10.2 Å². The summed E-state index contributed by atoms with van der Waals surface area (Å²) in [6.07, 6.45) is 0. The summed E-state index contributed by atoms with van der Waals surface area (Å²) >= 11 is 1.26. The van der Waals surface area contributed by atoms with Crippen molar-refractivity contribution < 1.29 is 18.7 Å². The quantitative estimate of drug-likeness (QED) is 0.540. The molecule has 0 saturated heterocycles. The molecule has 2 heterocycles. The molecule has 8 heteroatoms. The third-order valence-electron chi connectivity index (χ3n) is 4.65. The molecule has 1 aliphatic heterocycles. The number of thioether (sulfide) groups is 1. The summed E-state index contributed by atoms with van der Waals surface area (Å²) in [7, 11) is 0. The lowest BCUT2D eigenvalue weighted by molar-refractivity contribution is -0.130. The van der Waals surface area contributed by atoms with Crippen LogP contribution >= 0.6 is 11.8 Å². The average molecular weight is 411 g/mol. The summed E-state index contributed by atoms with van der Waals surface area (Å²) in [5.74, 6) is 1.73. The van der Waals surface area contributed by atoms with Crippen LogP contribution in [0.25, 0.3) is 11.5 Å². The molecule has 29 heavy (non-hydrogen) atoms. The van der Waals surface area contributed by atoms with E-state index in [1.165, 1.54) is 11.8 Å².